The van der Waals surface area contributed by atoms with Gasteiger partial charge in [-0.2, -0.15) is 0 Å². The van der Waals surface area contributed by atoms with Gasteiger partial charge in [0.15, 0.2) is 5.82 Å². The van der Waals surface area contributed by atoms with Crippen LogP contribution in [-0.4, -0.2) is 33.4 Å². The van der Waals surface area contributed by atoms with Crippen LogP contribution >= 0.6 is 11.3 Å². The predicted molar refractivity (Wildman–Crippen MR) is 120 cm³/mol. The maximum atomic E-state index is 5.53. The topological polar surface area (TPSA) is 64.9 Å². The van der Waals surface area contributed by atoms with Gasteiger partial charge in [0.25, 0.3) is 0 Å². The maximum absolute atomic E-state index is 5.53. The van der Waals surface area contributed by atoms with Gasteiger partial charge in [0, 0.05) is 18.0 Å². The van der Waals surface area contributed by atoms with E-state index in [2.05, 4.69) is 59.1 Å². The van der Waals surface area contributed by atoms with Crippen LogP contribution in [0.4, 0.5) is 0 Å². The summed E-state index contributed by atoms with van der Waals surface area (Å²) in [6, 6.07) is 4.63. The highest BCUT2D eigenvalue weighted by Crippen LogP contribution is 2.31. The molecule has 1 aromatic carbocycles. The first kappa shape index (κ1) is 21.2. The lowest BCUT2D eigenvalue weighted by molar-refractivity contribution is 0.134. The van der Waals surface area contributed by atoms with Gasteiger partial charge in [-0.25, -0.2) is 4.68 Å². The Morgan fingerprint density at radius 2 is 2.10 bits per heavy atom. The number of tetrazole rings is 1. The van der Waals surface area contributed by atoms with Crippen molar-refractivity contribution in [3.05, 3.63) is 61.6 Å². The van der Waals surface area contributed by atoms with E-state index in [0.29, 0.717) is 19.8 Å². The van der Waals surface area contributed by atoms with Gasteiger partial charge in [-0.15, -0.1) is 16.4 Å². The molecule has 1 atom stereocenters. The van der Waals surface area contributed by atoms with Crippen molar-refractivity contribution >= 4 is 11.3 Å². The Labute approximate surface area is 182 Å². The largest absolute Gasteiger partial charge is 0.380 e. The van der Waals surface area contributed by atoms with Crippen molar-refractivity contribution in [3.63, 3.8) is 0 Å². The fraction of sp³-hybridized carbons (Fsp3) is 0.522. The van der Waals surface area contributed by atoms with Crippen molar-refractivity contribution in [2.24, 2.45) is 0 Å². The van der Waals surface area contributed by atoms with Crippen LogP contribution in [0.2, 0.25) is 0 Å². The SMILES string of the molecule is CCOCCn1nnnc1C(NCc1cc(C)cc2c1CCC2)c1csc(C)c1C. The minimum absolute atomic E-state index is 0.0517. The van der Waals surface area contributed by atoms with E-state index in [0.717, 1.165) is 12.4 Å². The summed E-state index contributed by atoms with van der Waals surface area (Å²) in [5.74, 6) is 0.847. The Balaban J connectivity index is 1.63. The molecule has 0 saturated carbocycles. The second-order valence-corrected chi connectivity index (χ2v) is 9.14. The lowest BCUT2D eigenvalue weighted by Gasteiger charge is -2.20. The molecule has 0 saturated heterocycles. The minimum atomic E-state index is -0.0517. The molecule has 0 aliphatic heterocycles. The molecule has 1 aliphatic carbocycles. The van der Waals surface area contributed by atoms with Gasteiger partial charge in [-0.1, -0.05) is 17.7 Å². The van der Waals surface area contributed by atoms with E-state index in [-0.39, 0.29) is 6.04 Å². The number of aryl methyl sites for hydroxylation is 3. The molecule has 0 spiro atoms. The van der Waals surface area contributed by atoms with Gasteiger partial charge in [0.1, 0.15) is 0 Å². The van der Waals surface area contributed by atoms with Crippen LogP contribution in [0, 0.1) is 20.8 Å². The summed E-state index contributed by atoms with van der Waals surface area (Å²) >= 11 is 1.79. The summed E-state index contributed by atoms with van der Waals surface area (Å²) in [7, 11) is 0. The molecule has 0 radical (unpaired) electrons. The van der Waals surface area contributed by atoms with E-state index in [4.69, 9.17) is 4.74 Å². The smallest absolute Gasteiger partial charge is 0.172 e. The second kappa shape index (κ2) is 9.37. The zero-order valence-corrected chi connectivity index (χ0v) is 19.2. The van der Waals surface area contributed by atoms with E-state index in [1.807, 2.05) is 11.6 Å². The number of rotatable bonds is 9. The zero-order valence-electron chi connectivity index (χ0n) is 18.4. The zero-order chi connectivity index (χ0) is 21.1. The average molecular weight is 426 g/mol. The summed E-state index contributed by atoms with van der Waals surface area (Å²) < 4.78 is 7.41. The van der Waals surface area contributed by atoms with E-state index in [9.17, 15) is 0 Å². The Morgan fingerprint density at radius 1 is 1.23 bits per heavy atom. The van der Waals surface area contributed by atoms with Gasteiger partial charge in [0.2, 0.25) is 0 Å². The molecular formula is C23H31N5OS. The molecule has 30 heavy (non-hydrogen) atoms. The van der Waals surface area contributed by atoms with Gasteiger partial charge in [0.05, 0.1) is 19.2 Å². The van der Waals surface area contributed by atoms with Gasteiger partial charge >= 0.3 is 0 Å². The summed E-state index contributed by atoms with van der Waals surface area (Å²) in [4.78, 5) is 1.33. The third kappa shape index (κ3) is 4.33. The molecule has 1 N–H and O–H groups in total. The third-order valence-electron chi connectivity index (χ3n) is 6.05. The number of benzene rings is 1. The fourth-order valence-electron chi connectivity index (χ4n) is 4.37. The normalized spacial score (nSPS) is 14.3. The number of fused-ring (bicyclic) bond motifs is 1. The highest BCUT2D eigenvalue weighted by Gasteiger charge is 2.25. The molecule has 0 bridgehead atoms. The lowest BCUT2D eigenvalue weighted by Crippen LogP contribution is -2.27. The molecule has 0 amide bonds. The van der Waals surface area contributed by atoms with E-state index < -0.39 is 0 Å². The van der Waals surface area contributed by atoms with Crippen molar-refractivity contribution in [2.45, 2.75) is 66.1 Å². The van der Waals surface area contributed by atoms with E-state index in [1.165, 1.54) is 57.5 Å². The molecule has 6 nitrogen and oxygen atoms in total. The van der Waals surface area contributed by atoms with Crippen LogP contribution in [0.15, 0.2) is 17.5 Å². The quantitative estimate of drug-likeness (QED) is 0.524. The number of nitrogens with zero attached hydrogens (tertiary/aromatic N) is 4. The molecular weight excluding hydrogens is 394 g/mol. The average Bonchev–Trinajstić information content (AvgIpc) is 3.45. The first-order chi connectivity index (χ1) is 14.6. The first-order valence-corrected chi connectivity index (χ1v) is 11.7. The van der Waals surface area contributed by atoms with Crippen LogP contribution in [0.1, 0.15) is 63.5 Å². The van der Waals surface area contributed by atoms with Crippen LogP contribution in [0.3, 0.4) is 0 Å². The minimum Gasteiger partial charge on any atom is -0.380 e. The van der Waals surface area contributed by atoms with Crippen LogP contribution in [0.25, 0.3) is 0 Å². The van der Waals surface area contributed by atoms with Gasteiger partial charge < -0.3 is 4.74 Å². The van der Waals surface area contributed by atoms with Crippen molar-refractivity contribution in [3.8, 4) is 0 Å². The van der Waals surface area contributed by atoms with Crippen LogP contribution < -0.4 is 5.32 Å². The molecule has 2 aromatic heterocycles. The predicted octanol–water partition coefficient (Wildman–Crippen LogP) is 4.06. The lowest BCUT2D eigenvalue weighted by atomic mass is 9.99. The van der Waals surface area contributed by atoms with E-state index >= 15 is 0 Å². The molecule has 1 unspecified atom stereocenters. The number of thiophene rings is 1. The number of nitrogens with one attached hydrogen (secondary N) is 1. The second-order valence-electron chi connectivity index (χ2n) is 8.06. The number of ether oxygens (including phenoxy) is 1. The maximum Gasteiger partial charge on any atom is 0.172 e. The van der Waals surface area contributed by atoms with Gasteiger partial charge in [-0.3, -0.25) is 5.32 Å². The summed E-state index contributed by atoms with van der Waals surface area (Å²) in [6.07, 6.45) is 3.64. The molecule has 160 valence electrons. The van der Waals surface area contributed by atoms with Crippen molar-refractivity contribution in [1.29, 1.82) is 0 Å². The molecule has 0 fully saturated rings. The highest BCUT2D eigenvalue weighted by molar-refractivity contribution is 7.10. The standard InChI is InChI=1S/C23H31N5OS/c1-5-29-10-9-28-23(25-26-27-28)22(21-14-30-17(4)16(21)3)24-13-19-12-15(2)11-18-7-6-8-20(18)19/h11-12,14,22,24H,5-10,13H2,1-4H3. The van der Waals surface area contributed by atoms with E-state index in [1.54, 1.807) is 11.3 Å². The molecule has 3 aromatic rings. The Kier molecular flexibility index (Phi) is 6.61. The van der Waals surface area contributed by atoms with Crippen LogP contribution in [0.5, 0.6) is 0 Å². The Hall–Kier alpha value is -2.09. The molecule has 4 rings (SSSR count). The van der Waals surface area contributed by atoms with Crippen molar-refractivity contribution < 1.29 is 4.74 Å². The van der Waals surface area contributed by atoms with Crippen molar-refractivity contribution in [2.75, 3.05) is 13.2 Å². The Bertz CT molecular complexity index is 1010. The van der Waals surface area contributed by atoms with Gasteiger partial charge in [-0.05, 0) is 90.6 Å². The monoisotopic (exact) mass is 425 g/mol. The Morgan fingerprint density at radius 3 is 2.87 bits per heavy atom. The number of hydrogen-bond donors (Lipinski definition) is 1. The highest BCUT2D eigenvalue weighted by atomic mass is 32.1. The van der Waals surface area contributed by atoms with Crippen LogP contribution in [-0.2, 0) is 30.7 Å². The third-order valence-corrected chi connectivity index (χ3v) is 7.08. The molecule has 1 aliphatic rings. The first-order valence-electron chi connectivity index (χ1n) is 10.8. The summed E-state index contributed by atoms with van der Waals surface area (Å²) in [5.41, 5.74) is 8.37. The van der Waals surface area contributed by atoms with Crippen molar-refractivity contribution in [1.82, 2.24) is 25.5 Å². The summed E-state index contributed by atoms with van der Waals surface area (Å²) in [6.45, 7) is 11.3. The molecule has 7 heteroatoms. The fourth-order valence-corrected chi connectivity index (χ4v) is 5.28. The summed E-state index contributed by atoms with van der Waals surface area (Å²) in [5, 5.41) is 18.7. The number of hydrogen-bond acceptors (Lipinski definition) is 6. The molecule has 2 heterocycles. The number of aromatic nitrogens is 4.